The summed E-state index contributed by atoms with van der Waals surface area (Å²) in [5.41, 5.74) is 0. The second-order valence-corrected chi connectivity index (χ2v) is 9.31. The third-order valence-corrected chi connectivity index (χ3v) is 7.55. The van der Waals surface area contributed by atoms with Gasteiger partial charge in [0.25, 0.3) is 0 Å². The summed E-state index contributed by atoms with van der Waals surface area (Å²) in [4.78, 5) is 0. The van der Waals surface area contributed by atoms with Gasteiger partial charge in [-0.1, -0.05) is 30.9 Å². The van der Waals surface area contributed by atoms with Gasteiger partial charge in [-0.2, -0.15) is 0 Å². The predicted molar refractivity (Wildman–Crippen MR) is 78.8 cm³/mol. The van der Waals surface area contributed by atoms with Crippen LogP contribution in [0.2, 0.25) is 5.02 Å². The topological polar surface area (TPSA) is 46.2 Å². The minimum Gasteiger partial charge on any atom is -0.210 e. The highest BCUT2D eigenvalue weighted by molar-refractivity contribution is 9.11. The highest BCUT2D eigenvalue weighted by atomic mass is 79.9. The Bertz CT molecular complexity index is 490. The van der Waals surface area contributed by atoms with Crippen LogP contribution >= 0.6 is 38.9 Å². The van der Waals surface area contributed by atoms with Gasteiger partial charge in [0.1, 0.15) is 4.21 Å². The van der Waals surface area contributed by atoms with Gasteiger partial charge < -0.3 is 0 Å². The SMILES string of the molecule is O=S(=O)(NCC1CCCCC1)c1cc(Cl)c(Br)s1. The van der Waals surface area contributed by atoms with Crippen molar-refractivity contribution in [2.24, 2.45) is 5.92 Å². The minimum absolute atomic E-state index is 0.273. The van der Waals surface area contributed by atoms with Gasteiger partial charge in [0, 0.05) is 6.54 Å². The molecular formula is C11H15BrClNO2S2. The van der Waals surface area contributed by atoms with Gasteiger partial charge >= 0.3 is 0 Å². The van der Waals surface area contributed by atoms with Crippen molar-refractivity contribution in [3.8, 4) is 0 Å². The number of halogens is 2. The normalized spacial score (nSPS) is 18.1. The molecule has 1 heterocycles. The Morgan fingerprint density at radius 1 is 1.39 bits per heavy atom. The molecule has 1 N–H and O–H groups in total. The molecule has 1 saturated carbocycles. The summed E-state index contributed by atoms with van der Waals surface area (Å²) >= 11 is 10.2. The third-order valence-electron chi connectivity index (χ3n) is 3.17. The van der Waals surface area contributed by atoms with Crippen LogP contribution in [0.4, 0.5) is 0 Å². The average Bonchev–Trinajstić information content (AvgIpc) is 2.70. The van der Waals surface area contributed by atoms with E-state index in [0.717, 1.165) is 24.2 Å². The van der Waals surface area contributed by atoms with Crippen molar-refractivity contribution in [2.75, 3.05) is 6.54 Å². The summed E-state index contributed by atoms with van der Waals surface area (Å²) in [5.74, 6) is 0.479. The summed E-state index contributed by atoms with van der Waals surface area (Å²) < 4.78 is 27.7. The van der Waals surface area contributed by atoms with Crippen LogP contribution in [0.3, 0.4) is 0 Å². The van der Waals surface area contributed by atoms with E-state index >= 15 is 0 Å². The number of hydrogen-bond acceptors (Lipinski definition) is 3. The first kappa shape index (κ1) is 14.8. The molecule has 0 aromatic carbocycles. The Morgan fingerprint density at radius 2 is 2.06 bits per heavy atom. The van der Waals surface area contributed by atoms with Gasteiger partial charge in [0.15, 0.2) is 0 Å². The van der Waals surface area contributed by atoms with Crippen LogP contribution in [0.1, 0.15) is 32.1 Å². The molecule has 7 heteroatoms. The van der Waals surface area contributed by atoms with E-state index in [0.29, 0.717) is 21.3 Å². The van der Waals surface area contributed by atoms with Crippen LogP contribution < -0.4 is 4.72 Å². The molecule has 0 spiro atoms. The third kappa shape index (κ3) is 3.70. The van der Waals surface area contributed by atoms with Crippen molar-refractivity contribution in [2.45, 2.75) is 36.3 Å². The van der Waals surface area contributed by atoms with Crippen LogP contribution in [-0.2, 0) is 10.0 Å². The summed E-state index contributed by atoms with van der Waals surface area (Å²) in [6.45, 7) is 0.537. The van der Waals surface area contributed by atoms with Gasteiger partial charge in [0.05, 0.1) is 8.81 Å². The zero-order chi connectivity index (χ0) is 13.2. The quantitative estimate of drug-likeness (QED) is 0.867. The molecule has 1 aliphatic carbocycles. The van der Waals surface area contributed by atoms with Crippen LogP contribution in [0, 0.1) is 5.92 Å². The molecule has 0 saturated heterocycles. The number of rotatable bonds is 4. The lowest BCUT2D eigenvalue weighted by atomic mass is 9.90. The molecule has 1 aromatic heterocycles. The van der Waals surface area contributed by atoms with Crippen molar-refractivity contribution < 1.29 is 8.42 Å². The molecule has 1 fully saturated rings. The second-order valence-electron chi connectivity index (χ2n) is 4.54. The summed E-state index contributed by atoms with van der Waals surface area (Å²) in [6, 6.07) is 1.49. The molecule has 3 nitrogen and oxygen atoms in total. The highest BCUT2D eigenvalue weighted by Crippen LogP contribution is 2.34. The van der Waals surface area contributed by atoms with Crippen LogP contribution in [-0.4, -0.2) is 15.0 Å². The fraction of sp³-hybridized carbons (Fsp3) is 0.636. The van der Waals surface area contributed by atoms with Crippen molar-refractivity contribution in [1.82, 2.24) is 4.72 Å². The summed E-state index contributed by atoms with van der Waals surface area (Å²) in [5, 5.41) is 0.443. The first-order valence-electron chi connectivity index (χ1n) is 5.93. The molecule has 102 valence electrons. The monoisotopic (exact) mass is 371 g/mol. The Morgan fingerprint density at radius 3 is 2.61 bits per heavy atom. The maximum atomic E-state index is 12.1. The molecule has 0 aliphatic heterocycles. The molecule has 0 unspecified atom stereocenters. The van der Waals surface area contributed by atoms with Gasteiger partial charge in [0.2, 0.25) is 10.0 Å². The van der Waals surface area contributed by atoms with Gasteiger partial charge in [-0.3, -0.25) is 0 Å². The zero-order valence-electron chi connectivity index (χ0n) is 9.79. The molecule has 2 rings (SSSR count). The number of sulfonamides is 1. The van der Waals surface area contributed by atoms with E-state index < -0.39 is 10.0 Å². The summed E-state index contributed by atoms with van der Waals surface area (Å²) in [6.07, 6.45) is 5.94. The van der Waals surface area contributed by atoms with Crippen molar-refractivity contribution >= 4 is 48.9 Å². The van der Waals surface area contributed by atoms with E-state index in [2.05, 4.69) is 20.7 Å². The molecule has 0 bridgehead atoms. The van der Waals surface area contributed by atoms with Gasteiger partial charge in [-0.05, 0) is 40.8 Å². The molecule has 0 amide bonds. The van der Waals surface area contributed by atoms with Gasteiger partial charge in [-0.15, -0.1) is 11.3 Å². The molecule has 1 aromatic rings. The zero-order valence-corrected chi connectivity index (χ0v) is 13.8. The van der Waals surface area contributed by atoms with Crippen molar-refractivity contribution in [3.63, 3.8) is 0 Å². The van der Waals surface area contributed by atoms with Crippen molar-refractivity contribution in [1.29, 1.82) is 0 Å². The minimum atomic E-state index is -3.41. The number of nitrogens with one attached hydrogen (secondary N) is 1. The van der Waals surface area contributed by atoms with Crippen molar-refractivity contribution in [3.05, 3.63) is 14.9 Å². The van der Waals surface area contributed by atoms with Crippen LogP contribution in [0.25, 0.3) is 0 Å². The Kier molecular flexibility index (Phi) is 5.11. The molecule has 18 heavy (non-hydrogen) atoms. The van der Waals surface area contributed by atoms with Crippen LogP contribution in [0.5, 0.6) is 0 Å². The second kappa shape index (κ2) is 6.22. The fourth-order valence-corrected chi connectivity index (χ4v) is 5.71. The number of thiophene rings is 1. The van der Waals surface area contributed by atoms with E-state index in [1.54, 1.807) is 0 Å². The lowest BCUT2D eigenvalue weighted by molar-refractivity contribution is 0.357. The van der Waals surface area contributed by atoms with E-state index in [1.807, 2.05) is 0 Å². The molecular weight excluding hydrogens is 358 g/mol. The molecule has 0 radical (unpaired) electrons. The lowest BCUT2D eigenvalue weighted by Crippen LogP contribution is -2.29. The van der Waals surface area contributed by atoms with Crippen LogP contribution in [0.15, 0.2) is 14.1 Å². The smallest absolute Gasteiger partial charge is 0.210 e. The molecule has 0 atom stereocenters. The summed E-state index contributed by atoms with van der Waals surface area (Å²) in [7, 11) is -3.41. The van der Waals surface area contributed by atoms with E-state index in [1.165, 1.54) is 25.3 Å². The Hall–Kier alpha value is 0.380. The Labute approximate surface area is 125 Å². The first-order chi connectivity index (χ1) is 8.49. The number of hydrogen-bond donors (Lipinski definition) is 1. The van der Waals surface area contributed by atoms with E-state index in [9.17, 15) is 8.42 Å². The standard InChI is InChI=1S/C11H15BrClNO2S2/c12-11-9(13)6-10(17-11)18(15,16)14-7-8-4-2-1-3-5-8/h6,8,14H,1-5,7H2. The lowest BCUT2D eigenvalue weighted by Gasteiger charge is -2.21. The largest absolute Gasteiger partial charge is 0.250 e. The predicted octanol–water partition coefficient (Wildman–Crippen LogP) is 4.02. The highest BCUT2D eigenvalue weighted by Gasteiger charge is 2.21. The van der Waals surface area contributed by atoms with E-state index in [4.69, 9.17) is 11.6 Å². The first-order valence-corrected chi connectivity index (χ1v) is 9.40. The maximum Gasteiger partial charge on any atom is 0.250 e. The average molecular weight is 373 g/mol. The fourth-order valence-electron chi connectivity index (χ4n) is 2.15. The maximum absolute atomic E-state index is 12.1. The Balaban J connectivity index is 1.98. The van der Waals surface area contributed by atoms with Gasteiger partial charge in [-0.25, -0.2) is 13.1 Å². The van der Waals surface area contributed by atoms with E-state index in [-0.39, 0.29) is 4.21 Å². The molecule has 1 aliphatic rings.